The van der Waals surface area contributed by atoms with Crippen LogP contribution in [0.5, 0.6) is 0 Å². The maximum atomic E-state index is 8.83. The van der Waals surface area contributed by atoms with Gasteiger partial charge in [-0.25, -0.2) is 0 Å². The van der Waals surface area contributed by atoms with Gasteiger partial charge in [0.25, 0.3) is 0 Å². The summed E-state index contributed by atoms with van der Waals surface area (Å²) in [5.41, 5.74) is 10.0. The average molecular weight is 251 g/mol. The van der Waals surface area contributed by atoms with Gasteiger partial charge in [0.15, 0.2) is 0 Å². The van der Waals surface area contributed by atoms with Crippen LogP contribution in [0.15, 0.2) is 42.5 Å². The van der Waals surface area contributed by atoms with E-state index in [0.717, 1.165) is 24.2 Å². The maximum Gasteiger partial charge on any atom is 0.101 e. The molecule has 0 bridgehead atoms. The van der Waals surface area contributed by atoms with Crippen molar-refractivity contribution in [2.45, 2.75) is 19.8 Å². The van der Waals surface area contributed by atoms with Crippen molar-refractivity contribution in [3.05, 3.63) is 53.6 Å². The fraction of sp³-hybridized carbons (Fsp3) is 0.188. The molecule has 3 N–H and O–H groups in total. The van der Waals surface area contributed by atoms with Gasteiger partial charge in [-0.3, -0.25) is 0 Å². The average Bonchev–Trinajstić information content (AvgIpc) is 2.42. The normalized spacial score (nSPS) is 9.89. The minimum Gasteiger partial charge on any atom is -0.398 e. The Labute approximate surface area is 113 Å². The highest BCUT2D eigenvalue weighted by molar-refractivity contribution is 5.67. The molecule has 19 heavy (non-hydrogen) atoms. The second-order valence-electron chi connectivity index (χ2n) is 4.49. The Bertz CT molecular complexity index is 594. The van der Waals surface area contributed by atoms with Crippen LogP contribution in [0, 0.1) is 11.3 Å². The summed E-state index contributed by atoms with van der Waals surface area (Å²) in [5, 5.41) is 12.1. The number of nitriles is 1. The van der Waals surface area contributed by atoms with Crippen molar-refractivity contribution in [2.75, 3.05) is 11.1 Å². The predicted molar refractivity (Wildman–Crippen MR) is 79.3 cm³/mol. The summed E-state index contributed by atoms with van der Waals surface area (Å²) in [6.07, 6.45) is 2.25. The van der Waals surface area contributed by atoms with Crippen molar-refractivity contribution in [3.8, 4) is 6.07 Å². The number of aryl methyl sites for hydroxylation is 1. The van der Waals surface area contributed by atoms with Gasteiger partial charge in [-0.15, -0.1) is 0 Å². The lowest BCUT2D eigenvalue weighted by Crippen LogP contribution is -1.95. The molecule has 0 fully saturated rings. The lowest BCUT2D eigenvalue weighted by atomic mass is 10.1. The highest BCUT2D eigenvalue weighted by Gasteiger charge is 2.00. The SMILES string of the molecule is CCCc1ccc(Nc2ccc(C#N)c(N)c2)cc1. The molecule has 2 rings (SSSR count). The summed E-state index contributed by atoms with van der Waals surface area (Å²) >= 11 is 0. The molecule has 2 aromatic carbocycles. The van der Waals surface area contributed by atoms with E-state index in [1.807, 2.05) is 6.07 Å². The van der Waals surface area contributed by atoms with E-state index in [-0.39, 0.29) is 0 Å². The summed E-state index contributed by atoms with van der Waals surface area (Å²) < 4.78 is 0. The molecule has 0 saturated heterocycles. The monoisotopic (exact) mass is 251 g/mol. The zero-order valence-electron chi connectivity index (χ0n) is 11.0. The van der Waals surface area contributed by atoms with E-state index in [1.54, 1.807) is 12.1 Å². The van der Waals surface area contributed by atoms with Crippen molar-refractivity contribution in [1.82, 2.24) is 0 Å². The largest absolute Gasteiger partial charge is 0.398 e. The van der Waals surface area contributed by atoms with E-state index >= 15 is 0 Å². The molecule has 96 valence electrons. The molecule has 3 heteroatoms. The minimum atomic E-state index is 0.495. The van der Waals surface area contributed by atoms with Crippen LogP contribution in [0.4, 0.5) is 17.1 Å². The Morgan fingerprint density at radius 1 is 1.11 bits per heavy atom. The van der Waals surface area contributed by atoms with E-state index in [4.69, 9.17) is 11.0 Å². The molecule has 0 amide bonds. The number of anilines is 3. The lowest BCUT2D eigenvalue weighted by Gasteiger charge is -2.08. The van der Waals surface area contributed by atoms with Crippen LogP contribution >= 0.6 is 0 Å². The molecule has 0 heterocycles. The topological polar surface area (TPSA) is 61.8 Å². The van der Waals surface area contributed by atoms with Gasteiger partial charge >= 0.3 is 0 Å². The molecule has 0 aliphatic rings. The van der Waals surface area contributed by atoms with E-state index in [0.29, 0.717) is 11.3 Å². The summed E-state index contributed by atoms with van der Waals surface area (Å²) in [5.74, 6) is 0. The number of hydrogen-bond donors (Lipinski definition) is 2. The maximum absolute atomic E-state index is 8.83. The first-order valence-corrected chi connectivity index (χ1v) is 6.38. The first-order chi connectivity index (χ1) is 9.22. The summed E-state index contributed by atoms with van der Waals surface area (Å²) in [4.78, 5) is 0. The predicted octanol–water partition coefficient (Wildman–Crippen LogP) is 3.84. The van der Waals surface area contributed by atoms with Crippen LogP contribution in [0.2, 0.25) is 0 Å². The van der Waals surface area contributed by atoms with Crippen LogP contribution < -0.4 is 11.1 Å². The van der Waals surface area contributed by atoms with Crippen LogP contribution in [0.1, 0.15) is 24.5 Å². The van der Waals surface area contributed by atoms with E-state index in [1.165, 1.54) is 5.56 Å². The Morgan fingerprint density at radius 2 is 1.79 bits per heavy atom. The molecule has 0 spiro atoms. The second kappa shape index (κ2) is 5.92. The minimum absolute atomic E-state index is 0.495. The Morgan fingerprint density at radius 3 is 2.37 bits per heavy atom. The molecule has 0 radical (unpaired) electrons. The molecule has 0 aliphatic carbocycles. The molecule has 0 atom stereocenters. The van der Waals surface area contributed by atoms with Crippen molar-refractivity contribution >= 4 is 17.1 Å². The third-order valence-corrected chi connectivity index (χ3v) is 2.95. The van der Waals surface area contributed by atoms with Gasteiger partial charge in [-0.05, 0) is 42.3 Å². The standard InChI is InChI=1S/C16H17N3/c1-2-3-12-4-7-14(8-5-12)19-15-9-6-13(11-17)16(18)10-15/h4-10,19H,2-3,18H2,1H3. The van der Waals surface area contributed by atoms with Crippen LogP contribution in [0.25, 0.3) is 0 Å². The van der Waals surface area contributed by atoms with Gasteiger partial charge in [0.2, 0.25) is 0 Å². The quantitative estimate of drug-likeness (QED) is 0.812. The second-order valence-corrected chi connectivity index (χ2v) is 4.49. The summed E-state index contributed by atoms with van der Waals surface area (Å²) in [6, 6.07) is 15.8. The van der Waals surface area contributed by atoms with Crippen LogP contribution in [0.3, 0.4) is 0 Å². The number of rotatable bonds is 4. The Balaban J connectivity index is 2.13. The molecular formula is C16H17N3. The number of hydrogen-bond acceptors (Lipinski definition) is 3. The lowest BCUT2D eigenvalue weighted by molar-refractivity contribution is 0.922. The summed E-state index contributed by atoms with van der Waals surface area (Å²) in [6.45, 7) is 2.17. The van der Waals surface area contributed by atoms with E-state index in [2.05, 4.69) is 42.6 Å². The number of nitrogens with one attached hydrogen (secondary N) is 1. The highest BCUT2D eigenvalue weighted by atomic mass is 14.9. The van der Waals surface area contributed by atoms with Gasteiger partial charge < -0.3 is 11.1 Å². The molecule has 0 aliphatic heterocycles. The molecular weight excluding hydrogens is 234 g/mol. The molecule has 0 unspecified atom stereocenters. The van der Waals surface area contributed by atoms with Crippen molar-refractivity contribution in [2.24, 2.45) is 0 Å². The fourth-order valence-corrected chi connectivity index (χ4v) is 1.95. The van der Waals surface area contributed by atoms with Gasteiger partial charge in [0, 0.05) is 11.4 Å². The van der Waals surface area contributed by atoms with Crippen molar-refractivity contribution < 1.29 is 0 Å². The zero-order valence-corrected chi connectivity index (χ0v) is 11.0. The first-order valence-electron chi connectivity index (χ1n) is 6.38. The van der Waals surface area contributed by atoms with Gasteiger partial charge in [-0.1, -0.05) is 25.5 Å². The number of nitrogen functional groups attached to an aromatic ring is 1. The van der Waals surface area contributed by atoms with Crippen LogP contribution in [-0.4, -0.2) is 0 Å². The first kappa shape index (κ1) is 13.0. The smallest absolute Gasteiger partial charge is 0.101 e. The number of benzene rings is 2. The van der Waals surface area contributed by atoms with E-state index < -0.39 is 0 Å². The third-order valence-electron chi connectivity index (χ3n) is 2.95. The van der Waals surface area contributed by atoms with Crippen molar-refractivity contribution in [1.29, 1.82) is 5.26 Å². The Hall–Kier alpha value is -2.47. The van der Waals surface area contributed by atoms with Gasteiger partial charge in [-0.2, -0.15) is 5.26 Å². The molecule has 0 saturated carbocycles. The number of nitrogens with zero attached hydrogens (tertiary/aromatic N) is 1. The zero-order chi connectivity index (χ0) is 13.7. The van der Waals surface area contributed by atoms with E-state index in [9.17, 15) is 0 Å². The Kier molecular flexibility index (Phi) is 4.04. The van der Waals surface area contributed by atoms with Crippen LogP contribution in [-0.2, 0) is 6.42 Å². The molecule has 2 aromatic rings. The van der Waals surface area contributed by atoms with Gasteiger partial charge in [0.1, 0.15) is 6.07 Å². The summed E-state index contributed by atoms with van der Waals surface area (Å²) in [7, 11) is 0. The fourth-order valence-electron chi connectivity index (χ4n) is 1.95. The molecule has 0 aromatic heterocycles. The highest BCUT2D eigenvalue weighted by Crippen LogP contribution is 2.21. The third kappa shape index (κ3) is 3.26. The number of nitrogens with two attached hydrogens (primary N) is 1. The molecule has 3 nitrogen and oxygen atoms in total. The van der Waals surface area contributed by atoms with Gasteiger partial charge in [0.05, 0.1) is 11.3 Å². The van der Waals surface area contributed by atoms with Crippen molar-refractivity contribution in [3.63, 3.8) is 0 Å².